The summed E-state index contributed by atoms with van der Waals surface area (Å²) in [5.74, 6) is -0.379. The molecule has 16 heteroatoms. The van der Waals surface area contributed by atoms with Gasteiger partial charge in [0.2, 0.25) is 0 Å². The van der Waals surface area contributed by atoms with Crippen molar-refractivity contribution in [2.75, 3.05) is 0 Å². The lowest BCUT2D eigenvalue weighted by Crippen LogP contribution is -2.09. The predicted molar refractivity (Wildman–Crippen MR) is 389 cm³/mol. The van der Waals surface area contributed by atoms with Crippen LogP contribution in [0.1, 0.15) is 206 Å². The van der Waals surface area contributed by atoms with Gasteiger partial charge in [0.1, 0.15) is 0 Å². The molecule has 10 heterocycles. The molecule has 92 heavy (non-hydrogen) atoms. The highest BCUT2D eigenvalue weighted by Crippen LogP contribution is 2.48. The number of hydrogen-bond acceptors (Lipinski definition) is 8. The molecule has 0 bridgehead atoms. The van der Waals surface area contributed by atoms with Crippen molar-refractivity contribution in [2.45, 2.75) is 107 Å². The molecule has 14 aromatic rings. The first-order chi connectivity index (χ1) is 44.1. The zero-order chi connectivity index (χ0) is 64.9. The van der Waals surface area contributed by atoms with Crippen LogP contribution in [-0.4, -0.2) is 53.0 Å². The van der Waals surface area contributed by atoms with E-state index in [0.29, 0.717) is 0 Å². The molecule has 0 aliphatic heterocycles. The second-order valence-electron chi connectivity index (χ2n) is 24.4. The van der Waals surface area contributed by atoms with Crippen LogP contribution in [0.25, 0.3) is 40.3 Å². The summed E-state index contributed by atoms with van der Waals surface area (Å²) < 4.78 is 6.91. The molecule has 0 aliphatic rings. The molecule has 4 atom stereocenters. The van der Waals surface area contributed by atoms with Gasteiger partial charge in [-0.15, -0.1) is 45.3 Å². The number of benzene rings is 4. The maximum atomic E-state index is 12.8. The number of carbonyl (C=O) groups excluding carboxylic acids is 4. The predicted octanol–water partition coefficient (Wildman–Crippen LogP) is 21.7. The molecule has 0 saturated carbocycles. The smallest absolute Gasteiger partial charge is 0.161 e. The number of ketones is 4. The minimum Gasteiger partial charge on any atom is -0.361 e. The van der Waals surface area contributed by atoms with E-state index in [1.165, 1.54) is 62.6 Å². The Labute approximate surface area is 566 Å². The lowest BCUT2D eigenvalue weighted by Gasteiger charge is -2.19. The summed E-state index contributed by atoms with van der Waals surface area (Å²) in [5, 5.41) is 13.8. The Morgan fingerprint density at radius 3 is 0.837 bits per heavy atom. The van der Waals surface area contributed by atoms with E-state index in [1.807, 2.05) is 41.5 Å². The van der Waals surface area contributed by atoms with Crippen molar-refractivity contribution in [2.24, 2.45) is 0 Å². The number of thiophene rings is 4. The third kappa shape index (κ3) is 10.9. The molecule has 14 rings (SSSR count). The number of carbonyl (C=O) groups is 4. The fourth-order valence-corrected chi connectivity index (χ4v) is 19.4. The number of aromatic nitrogens is 6. The lowest BCUT2D eigenvalue weighted by atomic mass is 9.89. The van der Waals surface area contributed by atoms with E-state index in [1.54, 1.807) is 73.0 Å². The number of fused-ring (bicyclic) bond motifs is 4. The van der Waals surface area contributed by atoms with Gasteiger partial charge < -0.3 is 29.9 Å². The fraction of sp³-hybridized carbons (Fsp3) is 0.211. The summed E-state index contributed by atoms with van der Waals surface area (Å²) in [6.07, 6.45) is 0. The van der Waals surface area contributed by atoms with Crippen LogP contribution in [0, 0.1) is 55.4 Å². The first kappa shape index (κ1) is 62.8. The largest absolute Gasteiger partial charge is 0.361 e. The topological polar surface area (TPSA) is 163 Å². The molecule has 4 unspecified atom stereocenters. The lowest BCUT2D eigenvalue weighted by molar-refractivity contribution is 0.100. The van der Waals surface area contributed by atoms with E-state index in [4.69, 9.17) is 0 Å². The van der Waals surface area contributed by atoms with Crippen LogP contribution in [0.2, 0.25) is 0 Å². The zero-order valence-electron chi connectivity index (χ0n) is 53.0. The first-order valence-corrected chi connectivity index (χ1v) is 35.6. The van der Waals surface area contributed by atoms with Gasteiger partial charge >= 0.3 is 0 Å². The maximum Gasteiger partial charge on any atom is 0.161 e. The molecule has 0 aliphatic carbocycles. The summed E-state index contributed by atoms with van der Waals surface area (Å²) >= 11 is 14.3. The average Bonchev–Trinajstić information content (AvgIpc) is 1.63. The van der Waals surface area contributed by atoms with Crippen LogP contribution in [0.4, 0.5) is 0 Å². The second kappa shape index (κ2) is 24.8. The van der Waals surface area contributed by atoms with Gasteiger partial charge in [-0.05, 0) is 243 Å². The molecule has 0 amide bonds. The Balaban J connectivity index is 0.000000168. The SMILES string of the molecule is CC(=O)c1c(C)[nH]c(C(c2ccc(C(c3[nH]c(C)c(C(C)=O)c3C)c3csc4ccc(Br)cc34)[nH]2)c2csc3ccc(Br)cc23)c1C.CC(=O)c1c(C)[nH]c(C(c2ccc(C(c3[nH]c(C)c(C(C)=O)c3C)c3csc4ccccc34)[nH]2)c2csc3ccccc23)c1C. The molecule has 0 radical (unpaired) electrons. The third-order valence-corrected chi connectivity index (χ3v) is 23.5. The maximum absolute atomic E-state index is 12.8. The number of H-pyrrole nitrogens is 6. The molecular weight excluding hydrogens is 1350 g/mol. The minimum absolute atomic E-state index is 0.0563. The van der Waals surface area contributed by atoms with E-state index in [-0.39, 0.29) is 46.8 Å². The molecule has 0 spiro atoms. The molecule has 6 N–H and O–H groups in total. The van der Waals surface area contributed by atoms with Crippen molar-refractivity contribution in [3.8, 4) is 0 Å². The Morgan fingerprint density at radius 1 is 0.326 bits per heavy atom. The molecular formula is C76H68Br2N6O4S4. The van der Waals surface area contributed by atoms with Gasteiger partial charge in [0.25, 0.3) is 0 Å². The van der Waals surface area contributed by atoms with E-state index < -0.39 is 0 Å². The average molecular weight is 1420 g/mol. The van der Waals surface area contributed by atoms with Crippen LogP contribution in [0.5, 0.6) is 0 Å². The van der Waals surface area contributed by atoms with Gasteiger partial charge in [-0.1, -0.05) is 68.3 Å². The van der Waals surface area contributed by atoms with Gasteiger partial charge in [-0.25, -0.2) is 0 Å². The van der Waals surface area contributed by atoms with Crippen LogP contribution in [0.15, 0.2) is 140 Å². The van der Waals surface area contributed by atoms with Crippen LogP contribution >= 0.6 is 77.2 Å². The van der Waals surface area contributed by atoms with Crippen molar-refractivity contribution in [1.82, 2.24) is 29.9 Å². The highest BCUT2D eigenvalue weighted by molar-refractivity contribution is 9.10. The van der Waals surface area contributed by atoms with Gasteiger partial charge in [0.15, 0.2) is 23.1 Å². The van der Waals surface area contributed by atoms with E-state index in [2.05, 4.69) is 206 Å². The third-order valence-electron chi connectivity index (χ3n) is 18.6. The Hall–Kier alpha value is -7.96. The zero-order valence-corrected chi connectivity index (χ0v) is 59.5. The number of rotatable bonds is 16. The summed E-state index contributed by atoms with van der Waals surface area (Å²) in [7, 11) is 0. The monoisotopic (exact) mass is 1410 g/mol. The van der Waals surface area contributed by atoms with Gasteiger partial charge in [0, 0.05) is 118 Å². The van der Waals surface area contributed by atoms with Crippen molar-refractivity contribution in [3.63, 3.8) is 0 Å². The van der Waals surface area contributed by atoms with Crippen LogP contribution < -0.4 is 0 Å². The first-order valence-electron chi connectivity index (χ1n) is 30.5. The molecule has 10 aromatic heterocycles. The summed E-state index contributed by atoms with van der Waals surface area (Å²) in [4.78, 5) is 73.2. The number of hydrogen-bond donors (Lipinski definition) is 6. The normalized spacial score (nSPS) is 13.1. The highest BCUT2D eigenvalue weighted by Gasteiger charge is 2.35. The Kier molecular flexibility index (Phi) is 17.0. The number of aryl methyl sites for hydroxylation is 4. The van der Waals surface area contributed by atoms with Crippen molar-refractivity contribution < 1.29 is 19.2 Å². The summed E-state index contributed by atoms with van der Waals surface area (Å²) in [5.41, 5.74) is 23.4. The molecule has 4 aromatic carbocycles. The molecule has 0 fully saturated rings. The number of aromatic amines is 6. The van der Waals surface area contributed by atoms with Crippen LogP contribution in [-0.2, 0) is 0 Å². The summed E-state index contributed by atoms with van der Waals surface area (Å²) in [6, 6.07) is 38.6. The number of halogens is 2. The second-order valence-corrected chi connectivity index (χ2v) is 29.9. The van der Waals surface area contributed by atoms with Crippen molar-refractivity contribution in [1.29, 1.82) is 0 Å². The molecule has 464 valence electrons. The van der Waals surface area contributed by atoms with Gasteiger partial charge in [0.05, 0.1) is 23.7 Å². The quantitative estimate of drug-likeness (QED) is 0.0531. The van der Waals surface area contributed by atoms with Crippen molar-refractivity contribution >= 4 is 141 Å². The molecule has 10 nitrogen and oxygen atoms in total. The van der Waals surface area contributed by atoms with E-state index in [9.17, 15) is 19.2 Å². The van der Waals surface area contributed by atoms with E-state index in [0.717, 1.165) is 122 Å². The number of nitrogens with one attached hydrogen (secondary N) is 6. The Bertz CT molecular complexity index is 4950. The fourth-order valence-electron chi connectivity index (χ4n) is 14.7. The van der Waals surface area contributed by atoms with Gasteiger partial charge in [-0.3, -0.25) is 19.2 Å². The Morgan fingerprint density at radius 2 is 0.576 bits per heavy atom. The van der Waals surface area contributed by atoms with E-state index >= 15 is 0 Å². The van der Waals surface area contributed by atoms with Gasteiger partial charge in [-0.2, -0.15) is 0 Å². The minimum atomic E-state index is -0.174. The van der Waals surface area contributed by atoms with Crippen molar-refractivity contribution in [3.05, 3.63) is 275 Å². The standard InChI is InChI=1S/C38H33Br2N3O2S2.C38H35N3O2S2/c1-17-33(21(5)44)19(3)41-37(17)35(27-15-46-31-11-7-23(39)13-25(27)31)29-9-10-30(43-29)36(38-18(2)34(22(6)45)20(4)42-38)28-16-47-32-12-8-24(40)14-26(28)32;1-19-33(23(5)42)21(3)39-37(19)35(27-17-44-31-13-9-7-11-25(27)31)29-15-16-30(41-29)36(28-18-45-32-14-10-8-12-26(28)32)38-20(2)34(24(6)43)22(4)40-38/h7-16,35-36,41-43H,1-6H3;7-18,35-36,39-41H,1-6H3. The summed E-state index contributed by atoms with van der Waals surface area (Å²) in [6.45, 7) is 22.7. The van der Waals surface area contributed by atoms with Crippen LogP contribution in [0.3, 0.4) is 0 Å². The number of Topliss-reactive ketones (excluding diaryl/α,β-unsaturated/α-hetero) is 4. The highest BCUT2D eigenvalue weighted by atomic mass is 79.9. The molecule has 0 saturated heterocycles.